The molecule has 2 atom stereocenters. The Bertz CT molecular complexity index is 683. The SMILES string of the molecule is O=C(CCc1nc(-c2ccsc2)no1)N1CCOC2CCCCC21. The second kappa shape index (κ2) is 7.03. The number of carbonyl (C=O) groups is 1. The molecular formula is C17H21N3O3S. The van der Waals surface area contributed by atoms with Crippen molar-refractivity contribution in [3.8, 4) is 11.4 Å². The number of hydrogen-bond acceptors (Lipinski definition) is 6. The van der Waals surface area contributed by atoms with Crippen LogP contribution in [0.15, 0.2) is 21.3 Å². The van der Waals surface area contributed by atoms with Crippen LogP contribution in [-0.4, -0.2) is 46.2 Å². The Morgan fingerprint density at radius 2 is 2.29 bits per heavy atom. The Balaban J connectivity index is 1.36. The molecule has 1 aliphatic heterocycles. The van der Waals surface area contributed by atoms with Gasteiger partial charge in [0.15, 0.2) is 0 Å². The first-order valence-corrected chi connectivity index (χ1v) is 9.52. The van der Waals surface area contributed by atoms with Crippen LogP contribution in [0.1, 0.15) is 38.0 Å². The molecule has 1 amide bonds. The molecule has 2 unspecified atom stereocenters. The lowest BCUT2D eigenvalue weighted by molar-refractivity contribution is -0.149. The largest absolute Gasteiger partial charge is 0.374 e. The highest BCUT2D eigenvalue weighted by Crippen LogP contribution is 2.29. The number of rotatable bonds is 4. The van der Waals surface area contributed by atoms with Crippen molar-refractivity contribution in [3.63, 3.8) is 0 Å². The molecule has 6 nitrogen and oxygen atoms in total. The Kier molecular flexibility index (Phi) is 4.62. The number of hydrogen-bond donors (Lipinski definition) is 0. The average molecular weight is 347 g/mol. The molecule has 2 aliphatic rings. The maximum absolute atomic E-state index is 12.6. The minimum absolute atomic E-state index is 0.172. The van der Waals surface area contributed by atoms with Gasteiger partial charge in [-0.25, -0.2) is 0 Å². The first kappa shape index (κ1) is 15.8. The zero-order valence-electron chi connectivity index (χ0n) is 13.5. The van der Waals surface area contributed by atoms with E-state index in [1.54, 1.807) is 11.3 Å². The van der Waals surface area contributed by atoms with Gasteiger partial charge >= 0.3 is 0 Å². The van der Waals surface area contributed by atoms with Crippen LogP contribution in [0.25, 0.3) is 11.4 Å². The number of ether oxygens (including phenoxy) is 1. The molecule has 0 radical (unpaired) electrons. The number of carbonyl (C=O) groups excluding carboxylic acids is 1. The third-order valence-electron chi connectivity index (χ3n) is 4.85. The van der Waals surface area contributed by atoms with Crippen molar-refractivity contribution in [2.75, 3.05) is 13.2 Å². The minimum Gasteiger partial charge on any atom is -0.374 e. The highest BCUT2D eigenvalue weighted by atomic mass is 32.1. The normalized spacial score (nSPS) is 23.9. The molecular weight excluding hydrogens is 326 g/mol. The fourth-order valence-electron chi connectivity index (χ4n) is 3.63. The molecule has 2 aromatic heterocycles. The fourth-order valence-corrected chi connectivity index (χ4v) is 4.26. The molecule has 3 heterocycles. The lowest BCUT2D eigenvalue weighted by atomic mass is 9.90. The standard InChI is InChI=1S/C17H21N3O3S/c21-16(20-8-9-22-14-4-2-1-3-13(14)20)6-5-15-18-17(19-23-15)12-7-10-24-11-12/h7,10-11,13-14H,1-6,8-9H2. The zero-order valence-corrected chi connectivity index (χ0v) is 14.3. The van der Waals surface area contributed by atoms with Crippen LogP contribution in [0.4, 0.5) is 0 Å². The molecule has 0 spiro atoms. The summed E-state index contributed by atoms with van der Waals surface area (Å²) in [6.07, 6.45) is 5.64. The van der Waals surface area contributed by atoms with Gasteiger partial charge < -0.3 is 14.2 Å². The third-order valence-corrected chi connectivity index (χ3v) is 5.54. The molecule has 1 saturated carbocycles. The van der Waals surface area contributed by atoms with Crippen molar-refractivity contribution in [1.29, 1.82) is 0 Å². The average Bonchev–Trinajstić information content (AvgIpc) is 3.30. The number of morpholine rings is 1. The van der Waals surface area contributed by atoms with E-state index in [4.69, 9.17) is 9.26 Å². The lowest BCUT2D eigenvalue weighted by Crippen LogP contribution is -2.54. The van der Waals surface area contributed by atoms with E-state index >= 15 is 0 Å². The summed E-state index contributed by atoms with van der Waals surface area (Å²) < 4.78 is 11.1. The smallest absolute Gasteiger partial charge is 0.227 e. The summed E-state index contributed by atoms with van der Waals surface area (Å²) >= 11 is 1.60. The molecule has 4 rings (SSSR count). The second-order valence-electron chi connectivity index (χ2n) is 6.37. The summed E-state index contributed by atoms with van der Waals surface area (Å²) in [4.78, 5) is 19.0. The summed E-state index contributed by atoms with van der Waals surface area (Å²) in [5.74, 6) is 1.29. The van der Waals surface area contributed by atoms with E-state index in [0.29, 0.717) is 37.7 Å². The highest BCUT2D eigenvalue weighted by molar-refractivity contribution is 7.08. The van der Waals surface area contributed by atoms with Gasteiger partial charge in [0.25, 0.3) is 0 Å². The molecule has 128 valence electrons. The Hall–Kier alpha value is -1.73. The second-order valence-corrected chi connectivity index (χ2v) is 7.15. The summed E-state index contributed by atoms with van der Waals surface area (Å²) in [7, 11) is 0. The van der Waals surface area contributed by atoms with Gasteiger partial charge in [-0.05, 0) is 24.3 Å². The third kappa shape index (κ3) is 3.23. The first-order chi connectivity index (χ1) is 11.8. The summed E-state index contributed by atoms with van der Waals surface area (Å²) in [6.45, 7) is 1.35. The van der Waals surface area contributed by atoms with Crippen molar-refractivity contribution in [2.45, 2.75) is 50.7 Å². The highest BCUT2D eigenvalue weighted by Gasteiger charge is 2.36. The van der Waals surface area contributed by atoms with Gasteiger partial charge in [-0.2, -0.15) is 16.3 Å². The van der Waals surface area contributed by atoms with Crippen LogP contribution < -0.4 is 0 Å². The Morgan fingerprint density at radius 1 is 1.38 bits per heavy atom. The minimum atomic E-state index is 0.172. The number of aryl methyl sites for hydroxylation is 1. The van der Waals surface area contributed by atoms with Crippen molar-refractivity contribution in [1.82, 2.24) is 15.0 Å². The molecule has 1 aliphatic carbocycles. The summed E-state index contributed by atoms with van der Waals surface area (Å²) in [6, 6.07) is 2.21. The van der Waals surface area contributed by atoms with Crippen LogP contribution >= 0.6 is 11.3 Å². The predicted octanol–water partition coefficient (Wildman–Crippen LogP) is 2.90. The van der Waals surface area contributed by atoms with Crippen LogP contribution in [-0.2, 0) is 16.0 Å². The lowest BCUT2D eigenvalue weighted by Gasteiger charge is -2.43. The van der Waals surface area contributed by atoms with Crippen LogP contribution in [0.5, 0.6) is 0 Å². The molecule has 0 N–H and O–H groups in total. The maximum Gasteiger partial charge on any atom is 0.227 e. The number of fused-ring (bicyclic) bond motifs is 1. The van der Waals surface area contributed by atoms with Crippen molar-refractivity contribution in [2.24, 2.45) is 0 Å². The molecule has 7 heteroatoms. The van der Waals surface area contributed by atoms with E-state index in [1.165, 1.54) is 12.8 Å². The predicted molar refractivity (Wildman–Crippen MR) is 89.6 cm³/mol. The van der Waals surface area contributed by atoms with Gasteiger partial charge in [0, 0.05) is 30.3 Å². The summed E-state index contributed by atoms with van der Waals surface area (Å²) in [5.41, 5.74) is 0.958. The number of aromatic nitrogens is 2. The van der Waals surface area contributed by atoms with Gasteiger partial charge in [-0.3, -0.25) is 4.79 Å². The number of nitrogens with zero attached hydrogens (tertiary/aromatic N) is 3. The van der Waals surface area contributed by atoms with Crippen molar-refractivity contribution in [3.05, 3.63) is 22.7 Å². The van der Waals surface area contributed by atoms with Gasteiger partial charge in [0.05, 0.1) is 18.8 Å². The van der Waals surface area contributed by atoms with Gasteiger partial charge in [0.2, 0.25) is 17.6 Å². The van der Waals surface area contributed by atoms with Gasteiger partial charge in [-0.1, -0.05) is 18.0 Å². The van der Waals surface area contributed by atoms with Crippen molar-refractivity contribution >= 4 is 17.2 Å². The fraction of sp³-hybridized carbons (Fsp3) is 0.588. The molecule has 1 saturated heterocycles. The number of amides is 1. The topological polar surface area (TPSA) is 68.5 Å². The monoisotopic (exact) mass is 347 g/mol. The molecule has 0 bridgehead atoms. The van der Waals surface area contributed by atoms with Crippen LogP contribution in [0.2, 0.25) is 0 Å². The molecule has 0 aromatic carbocycles. The van der Waals surface area contributed by atoms with E-state index in [0.717, 1.165) is 18.4 Å². The number of thiophene rings is 1. The van der Waals surface area contributed by atoms with Gasteiger partial charge in [-0.15, -0.1) is 0 Å². The quantitative estimate of drug-likeness (QED) is 0.851. The van der Waals surface area contributed by atoms with E-state index in [9.17, 15) is 4.79 Å². The summed E-state index contributed by atoms with van der Waals surface area (Å²) in [5, 5.41) is 7.95. The van der Waals surface area contributed by atoms with E-state index in [1.807, 2.05) is 21.7 Å². The Morgan fingerprint density at radius 3 is 3.17 bits per heavy atom. The van der Waals surface area contributed by atoms with Crippen LogP contribution in [0, 0.1) is 0 Å². The van der Waals surface area contributed by atoms with Crippen LogP contribution in [0.3, 0.4) is 0 Å². The first-order valence-electron chi connectivity index (χ1n) is 8.57. The molecule has 24 heavy (non-hydrogen) atoms. The maximum atomic E-state index is 12.6. The van der Waals surface area contributed by atoms with E-state index in [-0.39, 0.29) is 18.1 Å². The van der Waals surface area contributed by atoms with Gasteiger partial charge in [0.1, 0.15) is 0 Å². The Labute approximate surface area is 144 Å². The van der Waals surface area contributed by atoms with Crippen molar-refractivity contribution < 1.29 is 14.1 Å². The molecule has 2 fully saturated rings. The zero-order chi connectivity index (χ0) is 16.4. The van der Waals surface area contributed by atoms with E-state index in [2.05, 4.69) is 10.1 Å². The van der Waals surface area contributed by atoms with E-state index < -0.39 is 0 Å². The molecule has 2 aromatic rings.